The Bertz CT molecular complexity index is 1800. The highest BCUT2D eigenvalue weighted by Crippen LogP contribution is 2.20. The Morgan fingerprint density at radius 1 is 0.685 bits per heavy atom. The molecule has 0 radical (unpaired) electrons. The molecule has 3 N–H and O–H groups in total. The van der Waals surface area contributed by atoms with Crippen molar-refractivity contribution in [3.63, 3.8) is 0 Å². The molecule has 0 saturated heterocycles. The molecule has 0 aliphatic rings. The lowest BCUT2D eigenvalue weighted by atomic mass is 10.2. The Hall–Kier alpha value is -5.23. The van der Waals surface area contributed by atoms with Crippen LogP contribution in [0.25, 0.3) is 0 Å². The van der Waals surface area contributed by atoms with Crippen LogP contribution in [-0.2, 0) is 40.5 Å². The minimum atomic E-state index is -4.59. The number of carbonyl (C=O) groups excluding carboxylic acids is 5. The van der Waals surface area contributed by atoms with Crippen molar-refractivity contribution in [2.24, 2.45) is 4.99 Å². The number of rotatable bonds is 9. The van der Waals surface area contributed by atoms with Gasteiger partial charge in [-0.2, -0.15) is 17.4 Å². The number of amides is 3. The van der Waals surface area contributed by atoms with Crippen molar-refractivity contribution >= 4 is 52.1 Å². The van der Waals surface area contributed by atoms with Gasteiger partial charge in [0, 0.05) is 5.69 Å². The number of esters is 2. The Kier molecular flexibility index (Phi) is 14.8. The lowest BCUT2D eigenvalue weighted by molar-refractivity contribution is -0.153. The molecule has 0 spiro atoms. The Morgan fingerprint density at radius 3 is 1.70 bits per heavy atom. The number of carbonyl (C=O) groups is 5. The van der Waals surface area contributed by atoms with Gasteiger partial charge in [-0.1, -0.05) is 12.1 Å². The standard InChI is InChI=1S/C36H51N5O12S/c1-33(2,3)50-27(42)21-37-54(47,48)41(32(46)53-36(10,11)12)22-23-13-19-26(20-14-23)49-28(43)24-15-17-25(18-16-24)38-29(39-30(44)51-34(4,5)6)40-31(45)52-35(7,8)9/h13-20,37H,21-22H2,1-12H3,(H2,38,39,40,44,45). The van der Waals surface area contributed by atoms with Crippen LogP contribution < -0.4 is 20.1 Å². The fourth-order valence-electron chi connectivity index (χ4n) is 3.85. The maximum absolute atomic E-state index is 13.2. The highest BCUT2D eigenvalue weighted by atomic mass is 32.2. The third kappa shape index (κ3) is 17.5. The molecule has 2 aromatic carbocycles. The van der Waals surface area contributed by atoms with Crippen LogP contribution in [0.2, 0.25) is 0 Å². The van der Waals surface area contributed by atoms with E-state index in [0.717, 1.165) is 0 Å². The van der Waals surface area contributed by atoms with Crippen molar-refractivity contribution in [2.45, 2.75) is 112 Å². The summed E-state index contributed by atoms with van der Waals surface area (Å²) in [6.07, 6.45) is -3.03. The molecule has 0 fully saturated rings. The minimum absolute atomic E-state index is 0.106. The average molecular weight is 778 g/mol. The van der Waals surface area contributed by atoms with E-state index in [0.29, 0.717) is 15.6 Å². The topological polar surface area (TPSA) is 217 Å². The van der Waals surface area contributed by atoms with E-state index in [-0.39, 0.29) is 17.3 Å². The quantitative estimate of drug-likeness (QED) is 0.0870. The van der Waals surface area contributed by atoms with Crippen molar-refractivity contribution in [3.8, 4) is 5.75 Å². The largest absolute Gasteiger partial charge is 0.459 e. The second-order valence-electron chi connectivity index (χ2n) is 15.7. The molecule has 298 valence electrons. The molecule has 0 aliphatic carbocycles. The monoisotopic (exact) mass is 777 g/mol. The molecule has 0 saturated carbocycles. The van der Waals surface area contributed by atoms with Crippen molar-refractivity contribution in [3.05, 3.63) is 59.7 Å². The number of ether oxygens (including phenoxy) is 5. The summed E-state index contributed by atoms with van der Waals surface area (Å²) in [6.45, 7) is 18.3. The zero-order valence-corrected chi connectivity index (χ0v) is 33.6. The van der Waals surface area contributed by atoms with Crippen LogP contribution in [0, 0.1) is 0 Å². The van der Waals surface area contributed by atoms with E-state index < -0.39 is 75.9 Å². The second-order valence-corrected chi connectivity index (χ2v) is 17.4. The number of nitrogens with zero attached hydrogens (tertiary/aromatic N) is 2. The molecule has 17 nitrogen and oxygen atoms in total. The molecule has 0 aromatic heterocycles. The van der Waals surface area contributed by atoms with Crippen molar-refractivity contribution in [1.29, 1.82) is 0 Å². The summed E-state index contributed by atoms with van der Waals surface area (Å²) >= 11 is 0. The number of hydrogen-bond donors (Lipinski definition) is 3. The molecule has 0 atom stereocenters. The smallest absolute Gasteiger partial charge is 0.437 e. The van der Waals surface area contributed by atoms with Crippen LogP contribution >= 0.6 is 0 Å². The van der Waals surface area contributed by atoms with Gasteiger partial charge in [0.15, 0.2) is 0 Å². The van der Waals surface area contributed by atoms with Gasteiger partial charge in [0.2, 0.25) is 5.96 Å². The first-order valence-electron chi connectivity index (χ1n) is 16.7. The van der Waals surface area contributed by atoms with Crippen LogP contribution in [0.4, 0.5) is 20.1 Å². The lowest BCUT2D eigenvalue weighted by Crippen LogP contribution is -2.47. The molecule has 0 bridgehead atoms. The SMILES string of the molecule is CC(C)(C)OC(=O)CNS(=O)(=O)N(Cc1ccc(OC(=O)c2ccc(N/C(=N\C(=O)OC(C)(C)C)NC(=O)OC(C)(C)C)cc2)cc1)C(=O)OC(C)(C)C. The Morgan fingerprint density at radius 2 is 1.20 bits per heavy atom. The van der Waals surface area contributed by atoms with E-state index >= 15 is 0 Å². The van der Waals surface area contributed by atoms with Gasteiger partial charge in [-0.15, -0.1) is 4.99 Å². The predicted octanol–water partition coefficient (Wildman–Crippen LogP) is 6.05. The van der Waals surface area contributed by atoms with E-state index in [1.54, 1.807) is 83.1 Å². The summed E-state index contributed by atoms with van der Waals surface area (Å²) < 4.78 is 55.2. The fourth-order valence-corrected chi connectivity index (χ4v) is 4.86. The normalized spacial score (nSPS) is 12.6. The molecule has 2 rings (SSSR count). The molecule has 54 heavy (non-hydrogen) atoms. The number of guanidine groups is 1. The van der Waals surface area contributed by atoms with Crippen LogP contribution in [0.5, 0.6) is 5.75 Å². The number of hydrogen-bond acceptors (Lipinski definition) is 12. The van der Waals surface area contributed by atoms with Crippen LogP contribution in [-0.4, -0.2) is 77.8 Å². The first-order chi connectivity index (χ1) is 24.5. The number of anilines is 1. The lowest BCUT2D eigenvalue weighted by Gasteiger charge is -2.27. The van der Waals surface area contributed by atoms with Gasteiger partial charge >= 0.3 is 40.4 Å². The van der Waals surface area contributed by atoms with Crippen LogP contribution in [0.3, 0.4) is 0 Å². The molecule has 3 amide bonds. The summed E-state index contributed by atoms with van der Waals surface area (Å²) in [5, 5.41) is 5.15. The van der Waals surface area contributed by atoms with Gasteiger partial charge in [0.25, 0.3) is 0 Å². The number of nitrogens with one attached hydrogen (secondary N) is 3. The number of aliphatic imine (C=N–C) groups is 1. The Balaban J connectivity index is 2.19. The van der Waals surface area contributed by atoms with Crippen LogP contribution in [0.1, 0.15) is 99.0 Å². The summed E-state index contributed by atoms with van der Waals surface area (Å²) in [4.78, 5) is 66.6. The first-order valence-corrected chi connectivity index (χ1v) is 18.2. The maximum atomic E-state index is 13.2. The van der Waals surface area contributed by atoms with Gasteiger partial charge in [0.1, 0.15) is 34.7 Å². The molecule has 0 unspecified atom stereocenters. The molecular formula is C36H51N5O12S. The van der Waals surface area contributed by atoms with Crippen molar-refractivity contribution in [1.82, 2.24) is 14.3 Å². The maximum Gasteiger partial charge on any atom is 0.437 e. The van der Waals surface area contributed by atoms with Gasteiger partial charge in [0.05, 0.1) is 12.1 Å². The van der Waals surface area contributed by atoms with E-state index in [4.69, 9.17) is 23.7 Å². The highest BCUT2D eigenvalue weighted by Gasteiger charge is 2.33. The van der Waals surface area contributed by atoms with Crippen LogP contribution in [0.15, 0.2) is 53.5 Å². The van der Waals surface area contributed by atoms with Gasteiger partial charge < -0.3 is 29.0 Å². The first kappa shape index (κ1) is 44.9. The number of benzene rings is 2. The summed E-state index contributed by atoms with van der Waals surface area (Å²) in [7, 11) is -4.59. The van der Waals surface area contributed by atoms with Crippen molar-refractivity contribution in [2.75, 3.05) is 11.9 Å². The third-order valence-corrected chi connectivity index (χ3v) is 7.13. The van der Waals surface area contributed by atoms with E-state index in [2.05, 4.69) is 20.3 Å². The number of alkyl carbamates (subject to hydrolysis) is 1. The van der Waals surface area contributed by atoms with Crippen molar-refractivity contribution < 1.29 is 56.1 Å². The van der Waals surface area contributed by atoms with Gasteiger partial charge in [-0.05, 0) is 125 Å². The van der Waals surface area contributed by atoms with E-state index in [9.17, 15) is 32.4 Å². The summed E-state index contributed by atoms with van der Waals surface area (Å²) in [5.41, 5.74) is -2.77. The van der Waals surface area contributed by atoms with Gasteiger partial charge in [-0.3, -0.25) is 10.1 Å². The third-order valence-electron chi connectivity index (χ3n) is 5.77. The molecule has 2 aromatic rings. The molecule has 18 heteroatoms. The fraction of sp³-hybridized carbons (Fsp3) is 0.500. The zero-order chi connectivity index (χ0) is 41.3. The molecular weight excluding hydrogens is 726 g/mol. The zero-order valence-electron chi connectivity index (χ0n) is 32.7. The average Bonchev–Trinajstić information content (AvgIpc) is 2.96. The predicted molar refractivity (Wildman–Crippen MR) is 199 cm³/mol. The van der Waals surface area contributed by atoms with E-state index in [1.165, 1.54) is 48.5 Å². The van der Waals surface area contributed by atoms with E-state index in [1.807, 2.05) is 0 Å². The van der Waals surface area contributed by atoms with Gasteiger partial charge in [-0.25, -0.2) is 19.2 Å². The molecule has 0 aliphatic heterocycles. The summed E-state index contributed by atoms with van der Waals surface area (Å²) in [6, 6.07) is 11.5. The molecule has 0 heterocycles. The second kappa shape index (κ2) is 17.7. The summed E-state index contributed by atoms with van der Waals surface area (Å²) in [5.74, 6) is -1.77. The Labute approximate surface area is 316 Å². The minimum Gasteiger partial charge on any atom is -0.459 e. The highest BCUT2D eigenvalue weighted by molar-refractivity contribution is 7.87.